The first-order valence-electron chi connectivity index (χ1n) is 5.19. The van der Waals surface area contributed by atoms with E-state index >= 15 is 0 Å². The van der Waals surface area contributed by atoms with Crippen molar-refractivity contribution >= 4 is 23.2 Å². The Kier molecular flexibility index (Phi) is 3.73. The molecular weight excluding hydrogens is 232 g/mol. The first kappa shape index (κ1) is 11.6. The van der Waals surface area contributed by atoms with Crippen molar-refractivity contribution in [2.45, 2.75) is 0 Å². The summed E-state index contributed by atoms with van der Waals surface area (Å²) >= 11 is 1.45. The Labute approximate surface area is 104 Å². The van der Waals surface area contributed by atoms with Crippen molar-refractivity contribution in [2.24, 2.45) is 0 Å². The second-order valence-corrected chi connectivity index (χ2v) is 4.40. The van der Waals surface area contributed by atoms with Crippen LogP contribution in [0.4, 0.5) is 0 Å². The lowest BCUT2D eigenvalue weighted by atomic mass is 10.2. The second-order valence-electron chi connectivity index (χ2n) is 3.45. The maximum Gasteiger partial charge on any atom is 0.195 e. The third-order valence-corrected chi connectivity index (χ3v) is 3.19. The monoisotopic (exact) mass is 244 g/mol. The molecule has 0 atom stereocenters. The lowest BCUT2D eigenvalue weighted by Crippen LogP contribution is -1.88. The van der Waals surface area contributed by atoms with Gasteiger partial charge in [-0.25, -0.2) is 0 Å². The molecule has 2 aromatic rings. The molecule has 0 bridgehead atoms. The highest BCUT2D eigenvalue weighted by atomic mass is 32.1. The molecule has 0 unspecified atom stereocenters. The summed E-state index contributed by atoms with van der Waals surface area (Å²) in [5.41, 5.74) is 0.982. The molecular formula is C14H12O2S. The Morgan fingerprint density at radius 1 is 1.24 bits per heavy atom. The van der Waals surface area contributed by atoms with E-state index in [2.05, 4.69) is 0 Å². The van der Waals surface area contributed by atoms with Gasteiger partial charge < -0.3 is 4.74 Å². The zero-order chi connectivity index (χ0) is 12.1. The van der Waals surface area contributed by atoms with Crippen LogP contribution in [0.25, 0.3) is 6.08 Å². The fourth-order valence-electron chi connectivity index (χ4n) is 1.39. The Morgan fingerprint density at radius 2 is 2.00 bits per heavy atom. The molecule has 2 rings (SSSR count). The smallest absolute Gasteiger partial charge is 0.195 e. The van der Waals surface area contributed by atoms with Crippen LogP contribution in [0.5, 0.6) is 5.75 Å². The summed E-state index contributed by atoms with van der Waals surface area (Å²) in [5, 5.41) is 1.90. The number of methoxy groups -OCH3 is 1. The third-order valence-electron chi connectivity index (χ3n) is 2.31. The molecule has 0 saturated heterocycles. The number of carbonyl (C=O) groups is 1. The van der Waals surface area contributed by atoms with Gasteiger partial charge in [-0.05, 0) is 35.2 Å². The van der Waals surface area contributed by atoms with Crippen molar-refractivity contribution in [3.05, 3.63) is 58.3 Å². The standard InChI is InChI=1S/C14H12O2S/c1-16-12-7-4-11(5-8-12)6-9-13(15)14-3-2-10-17-14/h2-10H,1H3. The Hall–Kier alpha value is -1.87. The normalized spacial score (nSPS) is 10.6. The summed E-state index contributed by atoms with van der Waals surface area (Å²) in [6, 6.07) is 11.3. The second kappa shape index (κ2) is 5.46. The molecule has 0 aliphatic carbocycles. The molecule has 3 heteroatoms. The number of benzene rings is 1. The van der Waals surface area contributed by atoms with Gasteiger partial charge in [0.15, 0.2) is 5.78 Å². The van der Waals surface area contributed by atoms with E-state index in [0.717, 1.165) is 16.2 Å². The van der Waals surface area contributed by atoms with Gasteiger partial charge in [-0.15, -0.1) is 11.3 Å². The van der Waals surface area contributed by atoms with Crippen LogP contribution in [0, 0.1) is 0 Å². The quantitative estimate of drug-likeness (QED) is 0.606. The zero-order valence-electron chi connectivity index (χ0n) is 9.42. The molecule has 0 amide bonds. The van der Waals surface area contributed by atoms with Crippen LogP contribution in [0.2, 0.25) is 0 Å². The number of ether oxygens (including phenoxy) is 1. The summed E-state index contributed by atoms with van der Waals surface area (Å²) in [7, 11) is 1.63. The number of allylic oxidation sites excluding steroid dienone is 1. The van der Waals surface area contributed by atoms with Gasteiger partial charge in [0, 0.05) is 0 Å². The van der Waals surface area contributed by atoms with Gasteiger partial charge in [0.2, 0.25) is 0 Å². The summed E-state index contributed by atoms with van der Waals surface area (Å²) in [5.74, 6) is 0.850. The average Bonchev–Trinajstić information content (AvgIpc) is 2.90. The molecule has 2 nitrogen and oxygen atoms in total. The first-order valence-corrected chi connectivity index (χ1v) is 6.07. The van der Waals surface area contributed by atoms with Gasteiger partial charge in [-0.2, -0.15) is 0 Å². The third kappa shape index (κ3) is 3.04. The topological polar surface area (TPSA) is 26.3 Å². The SMILES string of the molecule is COc1ccc(C=CC(=O)c2cccs2)cc1. The van der Waals surface area contributed by atoms with E-state index in [-0.39, 0.29) is 5.78 Å². The first-order chi connectivity index (χ1) is 8.29. The average molecular weight is 244 g/mol. The predicted molar refractivity (Wildman–Crippen MR) is 70.7 cm³/mol. The molecule has 0 aliphatic rings. The number of thiophene rings is 1. The summed E-state index contributed by atoms with van der Waals surface area (Å²) in [6.45, 7) is 0. The minimum absolute atomic E-state index is 0.0378. The fraction of sp³-hybridized carbons (Fsp3) is 0.0714. The Bertz CT molecular complexity index is 510. The minimum Gasteiger partial charge on any atom is -0.497 e. The van der Waals surface area contributed by atoms with E-state index in [0.29, 0.717) is 0 Å². The molecule has 0 saturated carbocycles. The number of hydrogen-bond acceptors (Lipinski definition) is 3. The van der Waals surface area contributed by atoms with E-state index < -0.39 is 0 Å². The number of rotatable bonds is 4. The maximum atomic E-state index is 11.7. The molecule has 0 radical (unpaired) electrons. The molecule has 1 heterocycles. The van der Waals surface area contributed by atoms with Crippen molar-refractivity contribution in [3.63, 3.8) is 0 Å². The largest absolute Gasteiger partial charge is 0.497 e. The van der Waals surface area contributed by atoms with Gasteiger partial charge in [0.05, 0.1) is 12.0 Å². The molecule has 0 fully saturated rings. The van der Waals surface area contributed by atoms with Crippen molar-refractivity contribution < 1.29 is 9.53 Å². The van der Waals surface area contributed by atoms with Gasteiger partial charge in [-0.1, -0.05) is 24.3 Å². The van der Waals surface area contributed by atoms with Crippen LogP contribution < -0.4 is 4.74 Å². The van der Waals surface area contributed by atoms with Crippen LogP contribution in [0.15, 0.2) is 47.9 Å². The van der Waals surface area contributed by atoms with E-state index in [4.69, 9.17) is 4.74 Å². The van der Waals surface area contributed by atoms with E-state index in [1.54, 1.807) is 13.2 Å². The molecule has 86 valence electrons. The number of carbonyl (C=O) groups excluding carboxylic acids is 1. The highest BCUT2D eigenvalue weighted by Gasteiger charge is 2.01. The molecule has 1 aromatic carbocycles. The van der Waals surface area contributed by atoms with Crippen molar-refractivity contribution in [2.75, 3.05) is 7.11 Å². The van der Waals surface area contributed by atoms with Crippen LogP contribution in [0.1, 0.15) is 15.2 Å². The molecule has 1 aromatic heterocycles. The van der Waals surface area contributed by atoms with Crippen molar-refractivity contribution in [3.8, 4) is 5.75 Å². The van der Waals surface area contributed by atoms with Crippen LogP contribution in [-0.4, -0.2) is 12.9 Å². The summed E-state index contributed by atoms with van der Waals surface area (Å²) < 4.78 is 5.06. The van der Waals surface area contributed by atoms with E-state index in [1.165, 1.54) is 11.3 Å². The predicted octanol–water partition coefficient (Wildman–Crippen LogP) is 3.65. The van der Waals surface area contributed by atoms with Gasteiger partial charge in [0.25, 0.3) is 0 Å². The molecule has 0 N–H and O–H groups in total. The molecule has 17 heavy (non-hydrogen) atoms. The Balaban J connectivity index is 2.07. The highest BCUT2D eigenvalue weighted by molar-refractivity contribution is 7.12. The molecule has 0 spiro atoms. The molecule has 0 aliphatic heterocycles. The van der Waals surface area contributed by atoms with E-state index in [1.807, 2.05) is 47.9 Å². The zero-order valence-corrected chi connectivity index (χ0v) is 10.2. The minimum atomic E-state index is 0.0378. The summed E-state index contributed by atoms with van der Waals surface area (Å²) in [6.07, 6.45) is 3.40. The number of hydrogen-bond donors (Lipinski definition) is 0. The lowest BCUT2D eigenvalue weighted by molar-refractivity contribution is 0.105. The summed E-state index contributed by atoms with van der Waals surface area (Å²) in [4.78, 5) is 12.5. The maximum absolute atomic E-state index is 11.7. The van der Waals surface area contributed by atoms with Crippen LogP contribution in [-0.2, 0) is 0 Å². The van der Waals surface area contributed by atoms with Gasteiger partial charge in [-0.3, -0.25) is 4.79 Å². The van der Waals surface area contributed by atoms with Gasteiger partial charge >= 0.3 is 0 Å². The van der Waals surface area contributed by atoms with Crippen LogP contribution >= 0.6 is 11.3 Å². The van der Waals surface area contributed by atoms with Crippen molar-refractivity contribution in [1.82, 2.24) is 0 Å². The number of ketones is 1. The Morgan fingerprint density at radius 3 is 2.59 bits per heavy atom. The van der Waals surface area contributed by atoms with Crippen LogP contribution in [0.3, 0.4) is 0 Å². The lowest BCUT2D eigenvalue weighted by Gasteiger charge is -1.98. The fourth-order valence-corrected chi connectivity index (χ4v) is 2.03. The van der Waals surface area contributed by atoms with Crippen molar-refractivity contribution in [1.29, 1.82) is 0 Å². The highest BCUT2D eigenvalue weighted by Crippen LogP contribution is 2.14. The van der Waals surface area contributed by atoms with Gasteiger partial charge in [0.1, 0.15) is 5.75 Å². The van der Waals surface area contributed by atoms with E-state index in [9.17, 15) is 4.79 Å².